The molecule has 172 valence electrons. The number of aliphatic hydroxyl groups is 1. The van der Waals surface area contributed by atoms with Crippen LogP contribution >= 0.6 is 0 Å². The van der Waals surface area contributed by atoms with E-state index in [1.54, 1.807) is 12.1 Å². The summed E-state index contributed by atoms with van der Waals surface area (Å²) in [7, 11) is 0. The molecular formula is C22H18F4N4O3. The summed E-state index contributed by atoms with van der Waals surface area (Å²) in [5.41, 5.74) is 0.263. The maximum Gasteiger partial charge on any atom is 0.416 e. The molecule has 1 atom stereocenters. The molecule has 7 nitrogen and oxygen atoms in total. The lowest BCUT2D eigenvalue weighted by atomic mass is 9.94. The van der Waals surface area contributed by atoms with Gasteiger partial charge in [-0.25, -0.2) is 9.07 Å². The molecule has 33 heavy (non-hydrogen) atoms. The molecule has 4 rings (SSSR count). The monoisotopic (exact) mass is 462 g/mol. The number of carbonyl (C=O) groups excluding carboxylic acids is 2. The zero-order valence-corrected chi connectivity index (χ0v) is 17.3. The van der Waals surface area contributed by atoms with E-state index in [-0.39, 0.29) is 17.7 Å². The van der Waals surface area contributed by atoms with Crippen LogP contribution in [0.25, 0.3) is 11.3 Å². The zero-order chi connectivity index (χ0) is 23.9. The van der Waals surface area contributed by atoms with Crippen LogP contribution in [0.1, 0.15) is 34.8 Å². The van der Waals surface area contributed by atoms with Crippen molar-refractivity contribution >= 4 is 17.4 Å². The summed E-state index contributed by atoms with van der Waals surface area (Å²) in [6.45, 7) is 2.05. The number of ketones is 1. The number of rotatable bonds is 5. The molecule has 0 radical (unpaired) electrons. The molecule has 2 heterocycles. The van der Waals surface area contributed by atoms with E-state index in [4.69, 9.17) is 0 Å². The fraction of sp³-hybridized carbons (Fsp3) is 0.273. The summed E-state index contributed by atoms with van der Waals surface area (Å²) in [5.74, 6) is -2.41. The topological polar surface area (TPSA) is 88.3 Å². The van der Waals surface area contributed by atoms with Crippen LogP contribution in [0.15, 0.2) is 42.6 Å². The van der Waals surface area contributed by atoms with Crippen molar-refractivity contribution in [3.05, 3.63) is 65.1 Å². The molecule has 0 aliphatic carbocycles. The minimum atomic E-state index is -4.64. The minimum absolute atomic E-state index is 0.00286. The van der Waals surface area contributed by atoms with Crippen molar-refractivity contribution in [3.8, 4) is 11.3 Å². The van der Waals surface area contributed by atoms with Crippen molar-refractivity contribution in [2.75, 3.05) is 11.4 Å². The first kappa shape index (κ1) is 22.6. The Morgan fingerprint density at radius 3 is 2.55 bits per heavy atom. The van der Waals surface area contributed by atoms with Gasteiger partial charge in [-0.2, -0.15) is 13.2 Å². The Bertz CT molecular complexity index is 1240. The normalized spacial score (nSPS) is 16.3. The average Bonchev–Trinajstić information content (AvgIpc) is 3.24. The smallest absolute Gasteiger partial charge is 0.376 e. The second kappa shape index (κ2) is 8.39. The van der Waals surface area contributed by atoms with E-state index in [9.17, 15) is 32.3 Å². The first-order valence-electron chi connectivity index (χ1n) is 10.0. The number of Topliss-reactive ketones (excluding diaryl/α,β-unsaturated/α-hetero) is 1. The molecule has 1 N–H and O–H groups in total. The van der Waals surface area contributed by atoms with Gasteiger partial charge in [-0.1, -0.05) is 24.3 Å². The third-order valence-corrected chi connectivity index (χ3v) is 5.30. The predicted molar refractivity (Wildman–Crippen MR) is 109 cm³/mol. The van der Waals surface area contributed by atoms with Crippen molar-refractivity contribution < 1.29 is 32.3 Å². The maximum atomic E-state index is 14.1. The molecule has 0 bridgehead atoms. The molecule has 11 heteroatoms. The summed E-state index contributed by atoms with van der Waals surface area (Å²) in [4.78, 5) is 26.1. The second-order valence-electron chi connectivity index (χ2n) is 7.59. The third-order valence-electron chi connectivity index (χ3n) is 5.30. The molecule has 1 aliphatic rings. The van der Waals surface area contributed by atoms with E-state index in [1.807, 2.05) is 6.92 Å². The lowest BCUT2D eigenvalue weighted by molar-refractivity contribution is -0.137. The Balaban J connectivity index is 1.61. The SMILES string of the molecule is CCCN1C(=O)C(O)C(=O)c2cc(-c3cn(Cc4ccc(C(F)(F)F)cc4F)nn3)ccc21. The van der Waals surface area contributed by atoms with Crippen molar-refractivity contribution in [2.45, 2.75) is 32.2 Å². The van der Waals surface area contributed by atoms with Gasteiger partial charge >= 0.3 is 6.18 Å². The summed E-state index contributed by atoms with van der Waals surface area (Å²) < 4.78 is 53.6. The Kier molecular flexibility index (Phi) is 5.75. The molecule has 0 saturated carbocycles. The number of fused-ring (bicyclic) bond motifs is 1. The van der Waals surface area contributed by atoms with Gasteiger partial charge in [0, 0.05) is 23.2 Å². The molecule has 1 unspecified atom stereocenters. The molecule has 3 aromatic rings. The lowest BCUT2D eigenvalue weighted by Crippen LogP contribution is -2.48. The van der Waals surface area contributed by atoms with Gasteiger partial charge in [0.15, 0.2) is 6.10 Å². The van der Waals surface area contributed by atoms with Crippen LogP contribution in [-0.2, 0) is 17.5 Å². The van der Waals surface area contributed by atoms with Crippen LogP contribution in [0.3, 0.4) is 0 Å². The largest absolute Gasteiger partial charge is 0.416 e. The number of hydrogen-bond donors (Lipinski definition) is 1. The highest BCUT2D eigenvalue weighted by Crippen LogP contribution is 2.33. The van der Waals surface area contributed by atoms with Crippen LogP contribution in [0.2, 0.25) is 0 Å². The van der Waals surface area contributed by atoms with E-state index in [2.05, 4.69) is 10.3 Å². The molecular weight excluding hydrogens is 444 g/mol. The highest BCUT2D eigenvalue weighted by atomic mass is 19.4. The van der Waals surface area contributed by atoms with Crippen molar-refractivity contribution in [1.29, 1.82) is 0 Å². The van der Waals surface area contributed by atoms with E-state index < -0.39 is 35.4 Å². The number of anilines is 1. The van der Waals surface area contributed by atoms with E-state index >= 15 is 0 Å². The third kappa shape index (κ3) is 4.23. The van der Waals surface area contributed by atoms with Crippen LogP contribution in [-0.4, -0.2) is 44.4 Å². The zero-order valence-electron chi connectivity index (χ0n) is 17.3. The Morgan fingerprint density at radius 2 is 1.88 bits per heavy atom. The van der Waals surface area contributed by atoms with Gasteiger partial charge in [0.2, 0.25) is 5.78 Å². The van der Waals surface area contributed by atoms with Crippen molar-refractivity contribution in [1.82, 2.24) is 15.0 Å². The Morgan fingerprint density at radius 1 is 1.12 bits per heavy atom. The fourth-order valence-corrected chi connectivity index (χ4v) is 3.64. The quantitative estimate of drug-likeness (QED) is 0.464. The highest BCUT2D eigenvalue weighted by molar-refractivity contribution is 6.24. The maximum absolute atomic E-state index is 14.1. The van der Waals surface area contributed by atoms with Gasteiger partial charge in [0.1, 0.15) is 11.5 Å². The van der Waals surface area contributed by atoms with Crippen LogP contribution in [0.5, 0.6) is 0 Å². The molecule has 1 aliphatic heterocycles. The predicted octanol–water partition coefficient (Wildman–Crippen LogP) is 3.45. The van der Waals surface area contributed by atoms with Gasteiger partial charge < -0.3 is 10.0 Å². The van der Waals surface area contributed by atoms with E-state index in [1.165, 1.54) is 21.8 Å². The number of alkyl halides is 3. The Labute approximate surface area is 185 Å². The lowest BCUT2D eigenvalue weighted by Gasteiger charge is -2.31. The number of carbonyl (C=O) groups is 2. The first-order chi connectivity index (χ1) is 15.6. The van der Waals surface area contributed by atoms with Crippen LogP contribution < -0.4 is 4.90 Å². The van der Waals surface area contributed by atoms with Crippen LogP contribution in [0.4, 0.5) is 23.2 Å². The number of benzene rings is 2. The number of aromatic nitrogens is 3. The molecule has 2 aromatic carbocycles. The van der Waals surface area contributed by atoms with Gasteiger partial charge in [-0.3, -0.25) is 9.59 Å². The number of halogens is 4. The number of hydrogen-bond acceptors (Lipinski definition) is 5. The molecule has 1 aromatic heterocycles. The number of nitrogens with zero attached hydrogens (tertiary/aromatic N) is 4. The first-order valence-corrected chi connectivity index (χ1v) is 10.0. The summed E-state index contributed by atoms with van der Waals surface area (Å²) >= 11 is 0. The van der Waals surface area contributed by atoms with E-state index in [0.717, 1.165) is 12.1 Å². The van der Waals surface area contributed by atoms with Gasteiger partial charge in [0.25, 0.3) is 5.91 Å². The van der Waals surface area contributed by atoms with Crippen LogP contribution in [0, 0.1) is 5.82 Å². The minimum Gasteiger partial charge on any atom is -0.376 e. The number of aliphatic hydroxyl groups excluding tert-OH is 1. The molecule has 0 fully saturated rings. The molecule has 1 amide bonds. The summed E-state index contributed by atoms with van der Waals surface area (Å²) in [6.07, 6.45) is -4.34. The van der Waals surface area contributed by atoms with Gasteiger partial charge in [-0.05, 0) is 30.7 Å². The Hall–Kier alpha value is -3.60. The van der Waals surface area contributed by atoms with Gasteiger partial charge in [-0.15, -0.1) is 5.10 Å². The van der Waals surface area contributed by atoms with Crippen molar-refractivity contribution in [2.24, 2.45) is 0 Å². The standard InChI is InChI=1S/C22H18F4N4O3/c1-2-7-30-18-6-4-12(8-15(18)19(31)20(32)21(30)33)17-11-29(28-27-17)10-13-3-5-14(9-16(13)23)22(24,25)26/h3-6,8-9,11,20,32H,2,7,10H2,1H3. The number of amides is 1. The highest BCUT2D eigenvalue weighted by Gasteiger charge is 2.38. The van der Waals surface area contributed by atoms with Crippen molar-refractivity contribution in [3.63, 3.8) is 0 Å². The summed E-state index contributed by atoms with van der Waals surface area (Å²) in [6, 6.07) is 6.96. The summed E-state index contributed by atoms with van der Waals surface area (Å²) in [5, 5.41) is 17.9. The molecule has 0 spiro atoms. The average molecular weight is 462 g/mol. The second-order valence-corrected chi connectivity index (χ2v) is 7.59. The van der Waals surface area contributed by atoms with E-state index in [0.29, 0.717) is 36.0 Å². The van der Waals surface area contributed by atoms with Gasteiger partial charge in [0.05, 0.1) is 24.0 Å². The molecule has 0 saturated heterocycles. The fourth-order valence-electron chi connectivity index (χ4n) is 3.64.